The summed E-state index contributed by atoms with van der Waals surface area (Å²) in [6.07, 6.45) is 3.02. The van der Waals surface area contributed by atoms with Crippen LogP contribution in [-0.2, 0) is 5.41 Å². The summed E-state index contributed by atoms with van der Waals surface area (Å²) in [5.41, 5.74) is 1.54. The van der Waals surface area contributed by atoms with Crippen molar-refractivity contribution in [1.29, 1.82) is 0 Å². The minimum atomic E-state index is 0.151. The van der Waals surface area contributed by atoms with E-state index in [2.05, 4.69) is 63.0 Å². The molecular weight excluding hydrogens is 206 g/mol. The number of hydrogen-bond acceptors (Lipinski definition) is 1. The fraction of sp³-hybridized carbons (Fsp3) is 0.500. The average molecular weight is 231 g/mol. The molecule has 0 spiro atoms. The maximum absolute atomic E-state index is 3.89. The molecule has 1 nitrogen and oxygen atoms in total. The van der Waals surface area contributed by atoms with Crippen LogP contribution in [0.25, 0.3) is 0 Å². The van der Waals surface area contributed by atoms with E-state index in [0.29, 0.717) is 5.92 Å². The Bertz CT molecular complexity index is 329. The third kappa shape index (κ3) is 4.35. The number of benzene rings is 1. The van der Waals surface area contributed by atoms with Gasteiger partial charge in [0.1, 0.15) is 0 Å². The van der Waals surface area contributed by atoms with Gasteiger partial charge in [-0.1, -0.05) is 57.2 Å². The van der Waals surface area contributed by atoms with Gasteiger partial charge < -0.3 is 5.32 Å². The number of allylic oxidation sites excluding steroid dienone is 1. The second-order valence-corrected chi connectivity index (χ2v) is 5.44. The van der Waals surface area contributed by atoms with E-state index in [9.17, 15) is 0 Å². The maximum Gasteiger partial charge on any atom is 0.00838 e. The van der Waals surface area contributed by atoms with Crippen molar-refractivity contribution in [2.75, 3.05) is 13.1 Å². The summed E-state index contributed by atoms with van der Waals surface area (Å²) in [5.74, 6) is 0.693. The van der Waals surface area contributed by atoms with Gasteiger partial charge in [0.25, 0.3) is 0 Å². The first-order valence-electron chi connectivity index (χ1n) is 6.45. The van der Waals surface area contributed by atoms with E-state index >= 15 is 0 Å². The smallest absolute Gasteiger partial charge is 0.00838 e. The van der Waals surface area contributed by atoms with E-state index < -0.39 is 0 Å². The van der Waals surface area contributed by atoms with Crippen molar-refractivity contribution in [2.45, 2.75) is 32.6 Å². The van der Waals surface area contributed by atoms with E-state index in [1.807, 2.05) is 6.08 Å². The number of rotatable bonds is 7. The van der Waals surface area contributed by atoms with Gasteiger partial charge in [0.2, 0.25) is 0 Å². The summed E-state index contributed by atoms with van der Waals surface area (Å²) in [7, 11) is 0. The summed E-state index contributed by atoms with van der Waals surface area (Å²) in [6.45, 7) is 12.7. The summed E-state index contributed by atoms with van der Waals surface area (Å²) >= 11 is 0. The lowest BCUT2D eigenvalue weighted by atomic mass is 9.79. The highest BCUT2D eigenvalue weighted by Crippen LogP contribution is 2.27. The van der Waals surface area contributed by atoms with Crippen LogP contribution in [0.4, 0.5) is 0 Å². The first-order valence-corrected chi connectivity index (χ1v) is 6.45. The summed E-state index contributed by atoms with van der Waals surface area (Å²) in [6, 6.07) is 10.7. The molecule has 1 rings (SSSR count). The van der Waals surface area contributed by atoms with Crippen LogP contribution >= 0.6 is 0 Å². The molecular formula is C16H25N. The second kappa shape index (κ2) is 6.61. The first kappa shape index (κ1) is 14.0. The summed E-state index contributed by atoms with van der Waals surface area (Å²) in [4.78, 5) is 0. The van der Waals surface area contributed by atoms with Crippen LogP contribution in [-0.4, -0.2) is 13.1 Å². The molecule has 0 saturated carbocycles. The van der Waals surface area contributed by atoms with E-state index in [0.717, 1.165) is 19.5 Å². The third-order valence-corrected chi connectivity index (χ3v) is 3.13. The highest BCUT2D eigenvalue weighted by molar-refractivity contribution is 5.25. The van der Waals surface area contributed by atoms with Crippen molar-refractivity contribution in [2.24, 2.45) is 5.92 Å². The molecule has 0 aromatic heterocycles. The van der Waals surface area contributed by atoms with Gasteiger partial charge in [-0.3, -0.25) is 0 Å². The second-order valence-electron chi connectivity index (χ2n) is 5.44. The Morgan fingerprint density at radius 1 is 1.29 bits per heavy atom. The highest BCUT2D eigenvalue weighted by Gasteiger charge is 2.24. The van der Waals surface area contributed by atoms with Crippen molar-refractivity contribution in [3.05, 3.63) is 48.6 Å². The Balaban J connectivity index is 2.71. The molecule has 0 heterocycles. The molecule has 1 atom stereocenters. The van der Waals surface area contributed by atoms with Crippen LogP contribution in [0, 0.1) is 5.92 Å². The first-order chi connectivity index (χ1) is 8.08. The normalized spacial score (nSPS) is 14.6. The molecule has 1 aromatic rings. The monoisotopic (exact) mass is 231 g/mol. The Morgan fingerprint density at radius 2 is 1.94 bits per heavy atom. The Hall–Kier alpha value is -1.08. The Morgan fingerprint density at radius 3 is 2.47 bits per heavy atom. The van der Waals surface area contributed by atoms with E-state index in [1.165, 1.54) is 5.56 Å². The molecule has 0 aliphatic heterocycles. The standard InChI is InChI=1S/C16H25N/c1-5-11-16(4,13-17-12-14(2)3)15-9-7-6-8-10-15/h5-10,14,17H,1,11-13H2,2-4H3/t16-/m0/s1. The minimum absolute atomic E-state index is 0.151. The fourth-order valence-corrected chi connectivity index (χ4v) is 2.09. The highest BCUT2D eigenvalue weighted by atomic mass is 14.9. The SMILES string of the molecule is C=CC[C@@](C)(CNCC(C)C)c1ccccc1. The van der Waals surface area contributed by atoms with E-state index in [1.54, 1.807) is 0 Å². The maximum atomic E-state index is 3.89. The predicted octanol–water partition coefficient (Wildman–Crippen LogP) is 3.77. The zero-order chi connectivity index (χ0) is 12.7. The predicted molar refractivity (Wildman–Crippen MR) is 76.3 cm³/mol. The molecule has 0 unspecified atom stereocenters. The van der Waals surface area contributed by atoms with Crippen LogP contribution < -0.4 is 5.32 Å². The molecule has 94 valence electrons. The molecule has 0 saturated heterocycles. The van der Waals surface area contributed by atoms with Gasteiger partial charge in [-0.2, -0.15) is 0 Å². The molecule has 0 radical (unpaired) electrons. The van der Waals surface area contributed by atoms with E-state index in [-0.39, 0.29) is 5.41 Å². The fourth-order valence-electron chi connectivity index (χ4n) is 2.09. The van der Waals surface area contributed by atoms with Gasteiger partial charge in [0.15, 0.2) is 0 Å². The van der Waals surface area contributed by atoms with Crippen molar-refractivity contribution < 1.29 is 0 Å². The van der Waals surface area contributed by atoms with Crippen molar-refractivity contribution in [3.8, 4) is 0 Å². The van der Waals surface area contributed by atoms with Crippen molar-refractivity contribution >= 4 is 0 Å². The molecule has 0 aliphatic carbocycles. The minimum Gasteiger partial charge on any atom is -0.316 e. The van der Waals surface area contributed by atoms with Crippen molar-refractivity contribution in [1.82, 2.24) is 5.32 Å². The topological polar surface area (TPSA) is 12.0 Å². The molecule has 1 aromatic carbocycles. The van der Waals surface area contributed by atoms with Gasteiger partial charge in [0.05, 0.1) is 0 Å². The van der Waals surface area contributed by atoms with Crippen LogP contribution in [0.2, 0.25) is 0 Å². The largest absolute Gasteiger partial charge is 0.316 e. The molecule has 1 N–H and O–H groups in total. The number of nitrogens with one attached hydrogen (secondary N) is 1. The van der Waals surface area contributed by atoms with Crippen LogP contribution in [0.1, 0.15) is 32.8 Å². The summed E-state index contributed by atoms with van der Waals surface area (Å²) < 4.78 is 0. The van der Waals surface area contributed by atoms with Gasteiger partial charge in [-0.15, -0.1) is 6.58 Å². The zero-order valence-electron chi connectivity index (χ0n) is 11.4. The lowest BCUT2D eigenvalue weighted by Gasteiger charge is -2.30. The van der Waals surface area contributed by atoms with Gasteiger partial charge in [-0.05, 0) is 24.4 Å². The Labute approximate surface area is 106 Å². The lowest BCUT2D eigenvalue weighted by molar-refractivity contribution is 0.416. The van der Waals surface area contributed by atoms with Gasteiger partial charge in [-0.25, -0.2) is 0 Å². The van der Waals surface area contributed by atoms with Gasteiger partial charge >= 0.3 is 0 Å². The zero-order valence-corrected chi connectivity index (χ0v) is 11.4. The van der Waals surface area contributed by atoms with Crippen molar-refractivity contribution in [3.63, 3.8) is 0 Å². The Kier molecular flexibility index (Phi) is 5.43. The van der Waals surface area contributed by atoms with Crippen LogP contribution in [0.15, 0.2) is 43.0 Å². The molecule has 0 bridgehead atoms. The molecule has 0 amide bonds. The summed E-state index contributed by atoms with van der Waals surface area (Å²) in [5, 5.41) is 3.56. The molecule has 17 heavy (non-hydrogen) atoms. The quantitative estimate of drug-likeness (QED) is 0.704. The molecule has 0 fully saturated rings. The lowest BCUT2D eigenvalue weighted by Crippen LogP contribution is -2.36. The van der Waals surface area contributed by atoms with E-state index in [4.69, 9.17) is 0 Å². The molecule has 0 aliphatic rings. The molecule has 1 heteroatoms. The number of hydrogen-bond donors (Lipinski definition) is 1. The van der Waals surface area contributed by atoms with Crippen LogP contribution in [0.5, 0.6) is 0 Å². The average Bonchev–Trinajstić information content (AvgIpc) is 2.30. The third-order valence-electron chi connectivity index (χ3n) is 3.13. The van der Waals surface area contributed by atoms with Crippen LogP contribution in [0.3, 0.4) is 0 Å². The van der Waals surface area contributed by atoms with Gasteiger partial charge in [0, 0.05) is 12.0 Å².